The molecule has 6 nitrogen and oxygen atoms in total. The van der Waals surface area contributed by atoms with Gasteiger partial charge in [0.25, 0.3) is 0 Å². The molecule has 17 heavy (non-hydrogen) atoms. The fourth-order valence-corrected chi connectivity index (χ4v) is 1.60. The second-order valence-corrected chi connectivity index (χ2v) is 3.83. The fraction of sp³-hybridized carbons (Fsp3) is 0.636. The van der Waals surface area contributed by atoms with E-state index in [-0.39, 0.29) is 12.5 Å². The second kappa shape index (κ2) is 6.76. The van der Waals surface area contributed by atoms with Gasteiger partial charge in [0.05, 0.1) is 6.54 Å². The highest BCUT2D eigenvalue weighted by Gasteiger charge is 2.22. The zero-order valence-corrected chi connectivity index (χ0v) is 9.95. The quantitative estimate of drug-likeness (QED) is 0.537. The summed E-state index contributed by atoms with van der Waals surface area (Å²) in [5, 5.41) is 8.17. The molecule has 1 aliphatic rings. The first-order valence-electron chi connectivity index (χ1n) is 5.62. The third kappa shape index (κ3) is 4.33. The van der Waals surface area contributed by atoms with Gasteiger partial charge >= 0.3 is 6.03 Å². The summed E-state index contributed by atoms with van der Waals surface area (Å²) in [6.45, 7) is 4.76. The van der Waals surface area contributed by atoms with E-state index in [1.54, 1.807) is 11.8 Å². The van der Waals surface area contributed by atoms with Crippen molar-refractivity contribution >= 4 is 11.9 Å². The number of rotatable bonds is 3. The number of hydrogen-bond donors (Lipinski definition) is 3. The Morgan fingerprint density at radius 3 is 2.71 bits per heavy atom. The molecule has 0 radical (unpaired) electrons. The molecule has 0 aromatic rings. The summed E-state index contributed by atoms with van der Waals surface area (Å²) < 4.78 is 0. The molecular weight excluding hydrogens is 220 g/mol. The van der Waals surface area contributed by atoms with Gasteiger partial charge in [-0.3, -0.25) is 4.79 Å². The van der Waals surface area contributed by atoms with Gasteiger partial charge in [0, 0.05) is 26.2 Å². The van der Waals surface area contributed by atoms with Crippen molar-refractivity contribution in [1.29, 1.82) is 0 Å². The lowest BCUT2D eigenvalue weighted by Gasteiger charge is -2.29. The van der Waals surface area contributed by atoms with Crippen LogP contribution in [0.4, 0.5) is 4.79 Å². The summed E-state index contributed by atoms with van der Waals surface area (Å²) in [4.78, 5) is 25.0. The third-order valence-electron chi connectivity index (χ3n) is 2.50. The van der Waals surface area contributed by atoms with Crippen LogP contribution in [0.5, 0.6) is 0 Å². The SMILES string of the molecule is C#CCNC(=O)NC(C)C(=O)N1CCNCC1. The van der Waals surface area contributed by atoms with Crippen LogP contribution in [0, 0.1) is 12.3 Å². The first kappa shape index (κ1) is 13.3. The highest BCUT2D eigenvalue weighted by atomic mass is 16.2. The maximum atomic E-state index is 11.9. The highest BCUT2D eigenvalue weighted by molar-refractivity contribution is 5.86. The molecule has 1 aliphatic heterocycles. The summed E-state index contributed by atoms with van der Waals surface area (Å²) in [5.74, 6) is 2.22. The number of piperazine rings is 1. The van der Waals surface area contributed by atoms with Gasteiger partial charge in [-0.15, -0.1) is 6.42 Å². The lowest BCUT2D eigenvalue weighted by molar-refractivity contribution is -0.133. The zero-order chi connectivity index (χ0) is 12.7. The van der Waals surface area contributed by atoms with Crippen LogP contribution < -0.4 is 16.0 Å². The van der Waals surface area contributed by atoms with Gasteiger partial charge in [-0.25, -0.2) is 4.79 Å². The molecule has 1 rings (SSSR count). The largest absolute Gasteiger partial charge is 0.338 e. The van der Waals surface area contributed by atoms with E-state index < -0.39 is 12.1 Å². The van der Waals surface area contributed by atoms with Crippen molar-refractivity contribution in [3.63, 3.8) is 0 Å². The van der Waals surface area contributed by atoms with Crippen LogP contribution in [0.25, 0.3) is 0 Å². The number of nitrogens with one attached hydrogen (secondary N) is 3. The molecule has 3 amide bonds. The van der Waals surface area contributed by atoms with Crippen LogP contribution in [0.15, 0.2) is 0 Å². The molecule has 1 heterocycles. The highest BCUT2D eigenvalue weighted by Crippen LogP contribution is 1.97. The lowest BCUT2D eigenvalue weighted by atomic mass is 10.2. The minimum absolute atomic E-state index is 0.0673. The van der Waals surface area contributed by atoms with E-state index in [2.05, 4.69) is 21.9 Å². The minimum atomic E-state index is -0.536. The van der Waals surface area contributed by atoms with Crippen molar-refractivity contribution in [2.75, 3.05) is 32.7 Å². The monoisotopic (exact) mass is 238 g/mol. The maximum absolute atomic E-state index is 11.9. The van der Waals surface area contributed by atoms with Crippen molar-refractivity contribution in [1.82, 2.24) is 20.9 Å². The molecule has 1 fully saturated rings. The Labute approximate surface area is 101 Å². The molecular formula is C11H18N4O2. The Hall–Kier alpha value is -1.74. The Morgan fingerprint density at radius 1 is 1.47 bits per heavy atom. The maximum Gasteiger partial charge on any atom is 0.316 e. The average molecular weight is 238 g/mol. The van der Waals surface area contributed by atoms with Crippen LogP contribution in [-0.4, -0.2) is 55.6 Å². The van der Waals surface area contributed by atoms with Crippen LogP contribution in [0.2, 0.25) is 0 Å². The van der Waals surface area contributed by atoms with Crippen molar-refractivity contribution in [2.45, 2.75) is 13.0 Å². The van der Waals surface area contributed by atoms with Crippen molar-refractivity contribution < 1.29 is 9.59 Å². The first-order chi connectivity index (χ1) is 8.15. The summed E-state index contributed by atoms with van der Waals surface area (Å²) >= 11 is 0. The molecule has 0 spiro atoms. The molecule has 1 saturated heterocycles. The van der Waals surface area contributed by atoms with Gasteiger partial charge in [-0.1, -0.05) is 5.92 Å². The van der Waals surface area contributed by atoms with Crippen LogP contribution >= 0.6 is 0 Å². The molecule has 0 bridgehead atoms. The third-order valence-corrected chi connectivity index (χ3v) is 2.50. The van der Waals surface area contributed by atoms with Crippen LogP contribution in [0.1, 0.15) is 6.92 Å². The fourth-order valence-electron chi connectivity index (χ4n) is 1.60. The van der Waals surface area contributed by atoms with E-state index in [0.717, 1.165) is 13.1 Å². The minimum Gasteiger partial charge on any atom is -0.338 e. The smallest absolute Gasteiger partial charge is 0.316 e. The first-order valence-corrected chi connectivity index (χ1v) is 5.62. The van der Waals surface area contributed by atoms with E-state index in [1.165, 1.54) is 0 Å². The normalized spacial score (nSPS) is 16.8. The molecule has 6 heteroatoms. The number of carbonyl (C=O) groups is 2. The Balaban J connectivity index is 2.35. The summed E-state index contributed by atoms with van der Waals surface area (Å²) in [6, 6.07) is -0.954. The van der Waals surface area contributed by atoms with Gasteiger partial charge in [0.1, 0.15) is 6.04 Å². The standard InChI is InChI=1S/C11H18N4O2/c1-3-4-13-11(17)14-9(2)10(16)15-7-5-12-6-8-15/h1,9,12H,4-8H2,2H3,(H2,13,14,17). The number of hydrogen-bond acceptors (Lipinski definition) is 3. The van der Waals surface area contributed by atoms with E-state index >= 15 is 0 Å². The van der Waals surface area contributed by atoms with Crippen LogP contribution in [-0.2, 0) is 4.79 Å². The molecule has 0 aromatic heterocycles. The predicted octanol–water partition coefficient (Wildman–Crippen LogP) is -1.26. The van der Waals surface area contributed by atoms with Gasteiger partial charge in [-0.05, 0) is 6.92 Å². The van der Waals surface area contributed by atoms with Gasteiger partial charge in [-0.2, -0.15) is 0 Å². The molecule has 0 saturated carbocycles. The van der Waals surface area contributed by atoms with Crippen molar-refractivity contribution in [2.24, 2.45) is 0 Å². The summed E-state index contributed by atoms with van der Waals surface area (Å²) in [5.41, 5.74) is 0. The summed E-state index contributed by atoms with van der Waals surface area (Å²) in [6.07, 6.45) is 5.01. The second-order valence-electron chi connectivity index (χ2n) is 3.83. The molecule has 0 aliphatic carbocycles. The zero-order valence-electron chi connectivity index (χ0n) is 9.95. The number of nitrogens with zero attached hydrogens (tertiary/aromatic N) is 1. The Bertz CT molecular complexity index is 318. The van der Waals surface area contributed by atoms with Gasteiger partial charge < -0.3 is 20.9 Å². The molecule has 94 valence electrons. The molecule has 0 aromatic carbocycles. The summed E-state index contributed by atoms with van der Waals surface area (Å²) in [7, 11) is 0. The average Bonchev–Trinajstić information content (AvgIpc) is 2.36. The topological polar surface area (TPSA) is 73.5 Å². The Morgan fingerprint density at radius 2 is 2.12 bits per heavy atom. The lowest BCUT2D eigenvalue weighted by Crippen LogP contribution is -2.54. The van der Waals surface area contributed by atoms with Crippen LogP contribution in [0.3, 0.4) is 0 Å². The number of amides is 3. The predicted molar refractivity (Wildman–Crippen MR) is 64.3 cm³/mol. The van der Waals surface area contributed by atoms with Crippen molar-refractivity contribution in [3.05, 3.63) is 0 Å². The molecule has 3 N–H and O–H groups in total. The number of carbonyl (C=O) groups excluding carboxylic acids is 2. The van der Waals surface area contributed by atoms with Crippen molar-refractivity contribution in [3.8, 4) is 12.3 Å². The number of urea groups is 1. The van der Waals surface area contributed by atoms with E-state index in [9.17, 15) is 9.59 Å². The Kier molecular flexibility index (Phi) is 5.30. The van der Waals surface area contributed by atoms with Gasteiger partial charge in [0.2, 0.25) is 5.91 Å². The number of terminal acetylenes is 1. The van der Waals surface area contributed by atoms with E-state index in [0.29, 0.717) is 13.1 Å². The van der Waals surface area contributed by atoms with E-state index in [1.807, 2.05) is 0 Å². The molecule has 1 unspecified atom stereocenters. The van der Waals surface area contributed by atoms with Gasteiger partial charge in [0.15, 0.2) is 0 Å². The molecule has 1 atom stereocenters. The van der Waals surface area contributed by atoms with E-state index in [4.69, 9.17) is 6.42 Å².